The van der Waals surface area contributed by atoms with E-state index in [4.69, 9.17) is 15.2 Å². The van der Waals surface area contributed by atoms with E-state index in [0.29, 0.717) is 19.4 Å². The molecule has 1 amide bonds. The molecule has 0 aliphatic heterocycles. The third kappa shape index (κ3) is 12.4. The van der Waals surface area contributed by atoms with Crippen LogP contribution in [0.1, 0.15) is 54.4 Å². The van der Waals surface area contributed by atoms with Crippen LogP contribution in [0.3, 0.4) is 0 Å². The molecule has 6 nitrogen and oxygen atoms in total. The van der Waals surface area contributed by atoms with E-state index in [9.17, 15) is 9.59 Å². The van der Waals surface area contributed by atoms with E-state index >= 15 is 0 Å². The maximum Gasteiger partial charge on any atom is 0.408 e. The van der Waals surface area contributed by atoms with Crippen molar-refractivity contribution in [1.29, 1.82) is 0 Å². The number of amides is 1. The zero-order valence-electron chi connectivity index (χ0n) is 13.8. The average Bonchev–Trinajstić information content (AvgIpc) is 2.18. The van der Waals surface area contributed by atoms with Gasteiger partial charge in [0.15, 0.2) is 0 Å². The molecule has 0 saturated heterocycles. The van der Waals surface area contributed by atoms with Crippen LogP contribution in [-0.4, -0.2) is 35.9 Å². The summed E-state index contributed by atoms with van der Waals surface area (Å²) in [6.07, 6.45) is 0.398. The lowest BCUT2D eigenvalue weighted by atomic mass is 10.1. The van der Waals surface area contributed by atoms with Gasteiger partial charge in [-0.2, -0.15) is 0 Å². The van der Waals surface area contributed by atoms with Crippen LogP contribution in [-0.2, 0) is 14.3 Å². The van der Waals surface area contributed by atoms with Gasteiger partial charge in [-0.05, 0) is 60.9 Å². The molecule has 0 bridgehead atoms. The van der Waals surface area contributed by atoms with Crippen LogP contribution in [0.5, 0.6) is 0 Å². The van der Waals surface area contributed by atoms with Gasteiger partial charge in [0.1, 0.15) is 17.2 Å². The van der Waals surface area contributed by atoms with Crippen molar-refractivity contribution in [3.8, 4) is 0 Å². The van der Waals surface area contributed by atoms with Gasteiger partial charge in [0.25, 0.3) is 0 Å². The second-order valence-corrected chi connectivity index (χ2v) is 6.66. The van der Waals surface area contributed by atoms with Crippen LogP contribution in [0.25, 0.3) is 0 Å². The van der Waals surface area contributed by atoms with Gasteiger partial charge in [-0.25, -0.2) is 9.59 Å². The first-order valence-electron chi connectivity index (χ1n) is 6.87. The molecule has 1 unspecified atom stereocenters. The minimum absolute atomic E-state index is 0. The molecule has 21 heavy (non-hydrogen) atoms. The Morgan fingerprint density at radius 3 is 1.90 bits per heavy atom. The first kappa shape index (κ1) is 22.3. The highest BCUT2D eigenvalue weighted by atomic mass is 35.5. The predicted molar refractivity (Wildman–Crippen MR) is 84.5 cm³/mol. The quantitative estimate of drug-likeness (QED) is 0.758. The van der Waals surface area contributed by atoms with Gasteiger partial charge in [-0.1, -0.05) is 0 Å². The molecule has 0 aliphatic rings. The fourth-order valence-electron chi connectivity index (χ4n) is 1.39. The molecular formula is C14H29ClN2O4. The highest BCUT2D eigenvalue weighted by molar-refractivity contribution is 5.85. The molecule has 0 aliphatic carbocycles. The fourth-order valence-corrected chi connectivity index (χ4v) is 1.39. The summed E-state index contributed by atoms with van der Waals surface area (Å²) in [4.78, 5) is 23.8. The second kappa shape index (κ2) is 9.10. The number of nitrogens with two attached hydrogens (primary N) is 1. The van der Waals surface area contributed by atoms with E-state index < -0.39 is 29.3 Å². The fraction of sp³-hybridized carbons (Fsp3) is 0.857. The Kier molecular flexibility index (Phi) is 9.65. The maximum absolute atomic E-state index is 12.0. The van der Waals surface area contributed by atoms with Gasteiger partial charge in [0.2, 0.25) is 0 Å². The normalized spacial score (nSPS) is 12.9. The molecule has 0 radical (unpaired) electrons. The van der Waals surface area contributed by atoms with E-state index in [2.05, 4.69) is 5.32 Å². The molecule has 7 heteroatoms. The first-order valence-corrected chi connectivity index (χ1v) is 6.87. The number of carbonyl (C=O) groups is 2. The monoisotopic (exact) mass is 324 g/mol. The van der Waals surface area contributed by atoms with Crippen LogP contribution in [0, 0.1) is 0 Å². The van der Waals surface area contributed by atoms with Crippen molar-refractivity contribution < 1.29 is 19.1 Å². The highest BCUT2D eigenvalue weighted by Crippen LogP contribution is 2.12. The molecular weight excluding hydrogens is 296 g/mol. The number of carbonyl (C=O) groups excluding carboxylic acids is 2. The maximum atomic E-state index is 12.0. The van der Waals surface area contributed by atoms with E-state index in [-0.39, 0.29) is 12.4 Å². The third-order valence-electron chi connectivity index (χ3n) is 2.08. The van der Waals surface area contributed by atoms with Crippen LogP contribution < -0.4 is 11.1 Å². The topological polar surface area (TPSA) is 90.6 Å². The summed E-state index contributed by atoms with van der Waals surface area (Å²) in [5, 5.41) is 2.54. The Balaban J connectivity index is 0. The predicted octanol–water partition coefficient (Wildman–Crippen LogP) is 2.38. The molecule has 0 saturated carbocycles. The summed E-state index contributed by atoms with van der Waals surface area (Å²) in [7, 11) is 0. The lowest BCUT2D eigenvalue weighted by Gasteiger charge is -2.26. The standard InChI is InChI=1S/C14H28N2O4.ClH/c1-13(2,3)19-11(17)10(8-7-9-15)16-12(18)20-14(4,5)6;/h10H,7-9,15H2,1-6H3,(H,16,18);1H. The highest BCUT2D eigenvalue weighted by Gasteiger charge is 2.28. The Morgan fingerprint density at radius 1 is 1.05 bits per heavy atom. The summed E-state index contributed by atoms with van der Waals surface area (Å²) in [6.45, 7) is 11.0. The van der Waals surface area contributed by atoms with Gasteiger partial charge < -0.3 is 20.5 Å². The molecule has 0 aromatic rings. The molecule has 0 rings (SSSR count). The van der Waals surface area contributed by atoms with Gasteiger partial charge in [0, 0.05) is 0 Å². The zero-order chi connectivity index (χ0) is 16.0. The molecule has 0 aromatic heterocycles. The summed E-state index contributed by atoms with van der Waals surface area (Å²) < 4.78 is 10.4. The minimum atomic E-state index is -0.743. The molecule has 0 aromatic carbocycles. The van der Waals surface area contributed by atoms with Crippen molar-refractivity contribution in [3.05, 3.63) is 0 Å². The number of ether oxygens (including phenoxy) is 2. The summed E-state index contributed by atoms with van der Waals surface area (Å²) >= 11 is 0. The van der Waals surface area contributed by atoms with Crippen LogP contribution >= 0.6 is 12.4 Å². The van der Waals surface area contributed by atoms with Gasteiger partial charge in [0.05, 0.1) is 0 Å². The minimum Gasteiger partial charge on any atom is -0.458 e. The van der Waals surface area contributed by atoms with Gasteiger partial charge in [-0.15, -0.1) is 12.4 Å². The van der Waals surface area contributed by atoms with E-state index in [0.717, 1.165) is 0 Å². The number of alkyl carbamates (subject to hydrolysis) is 1. The van der Waals surface area contributed by atoms with Crippen molar-refractivity contribution >= 4 is 24.5 Å². The molecule has 3 N–H and O–H groups in total. The summed E-state index contributed by atoms with van der Waals surface area (Å²) in [6, 6.07) is -0.743. The molecule has 0 spiro atoms. The third-order valence-corrected chi connectivity index (χ3v) is 2.08. The van der Waals surface area contributed by atoms with Gasteiger partial charge >= 0.3 is 12.1 Å². The van der Waals surface area contributed by atoms with Gasteiger partial charge in [-0.3, -0.25) is 0 Å². The molecule has 1 atom stereocenters. The number of halogens is 1. The Bertz CT molecular complexity index is 335. The van der Waals surface area contributed by atoms with Crippen LogP contribution in [0.4, 0.5) is 4.79 Å². The zero-order valence-corrected chi connectivity index (χ0v) is 14.6. The Morgan fingerprint density at radius 2 is 1.52 bits per heavy atom. The summed E-state index contributed by atoms with van der Waals surface area (Å²) in [5.74, 6) is -0.475. The van der Waals surface area contributed by atoms with Crippen molar-refractivity contribution in [2.75, 3.05) is 6.54 Å². The van der Waals surface area contributed by atoms with E-state index in [1.165, 1.54) is 0 Å². The van der Waals surface area contributed by atoms with E-state index in [1.54, 1.807) is 41.5 Å². The Hall–Kier alpha value is -1.01. The first-order chi connectivity index (χ1) is 8.94. The lowest BCUT2D eigenvalue weighted by Crippen LogP contribution is -2.46. The SMILES string of the molecule is CC(C)(C)OC(=O)NC(CCCN)C(=O)OC(C)(C)C.Cl. The van der Waals surface area contributed by atoms with Crippen LogP contribution in [0.15, 0.2) is 0 Å². The Labute approximate surface area is 133 Å². The number of hydrogen-bond donors (Lipinski definition) is 2. The van der Waals surface area contributed by atoms with Crippen molar-refractivity contribution in [1.82, 2.24) is 5.32 Å². The van der Waals surface area contributed by atoms with E-state index in [1.807, 2.05) is 0 Å². The number of nitrogens with one attached hydrogen (secondary N) is 1. The van der Waals surface area contributed by atoms with Crippen molar-refractivity contribution in [3.63, 3.8) is 0 Å². The number of esters is 1. The lowest BCUT2D eigenvalue weighted by molar-refractivity contribution is -0.157. The van der Waals surface area contributed by atoms with Crippen molar-refractivity contribution in [2.45, 2.75) is 71.6 Å². The smallest absolute Gasteiger partial charge is 0.408 e. The van der Waals surface area contributed by atoms with Crippen LogP contribution in [0.2, 0.25) is 0 Å². The summed E-state index contributed by atoms with van der Waals surface area (Å²) in [5.41, 5.74) is 4.22. The van der Waals surface area contributed by atoms with Crippen molar-refractivity contribution in [2.24, 2.45) is 5.73 Å². The second-order valence-electron chi connectivity index (χ2n) is 6.66. The number of rotatable bonds is 5. The molecule has 126 valence electrons. The average molecular weight is 325 g/mol. The number of hydrogen-bond acceptors (Lipinski definition) is 5. The molecule has 0 heterocycles. The largest absolute Gasteiger partial charge is 0.458 e. The molecule has 0 fully saturated rings.